The van der Waals surface area contributed by atoms with Crippen molar-refractivity contribution in [3.8, 4) is 12.8 Å². The summed E-state index contributed by atoms with van der Waals surface area (Å²) in [6.45, 7) is 11.3. The average molecular weight is 561 g/mol. The zero-order valence-electron chi connectivity index (χ0n) is 24.8. The molecule has 0 fully saturated rings. The molecule has 3 amide bonds. The molecule has 0 atom stereocenters. The van der Waals surface area contributed by atoms with E-state index < -0.39 is 18.5 Å². The summed E-state index contributed by atoms with van der Waals surface area (Å²) >= 11 is 0. The highest BCUT2D eigenvalue weighted by Crippen LogP contribution is 2.27. The average Bonchev–Trinajstić information content (AvgIpc) is 3.29. The summed E-state index contributed by atoms with van der Waals surface area (Å²) < 4.78 is 15.5. The van der Waals surface area contributed by atoms with E-state index in [1.165, 1.54) is 12.1 Å². The molecule has 3 rings (SSSR count). The van der Waals surface area contributed by atoms with Gasteiger partial charge in [0, 0.05) is 40.8 Å². The third-order valence-corrected chi connectivity index (χ3v) is 5.59. The number of aromatic nitrogens is 1. The zero-order chi connectivity index (χ0) is 31.2. The maximum absolute atomic E-state index is 13.8. The van der Waals surface area contributed by atoms with E-state index in [0.717, 1.165) is 10.9 Å². The van der Waals surface area contributed by atoms with Crippen LogP contribution in [0.25, 0.3) is 10.9 Å². The number of carbonyl (C=O) groups is 3. The normalized spacial score (nSPS) is 11.2. The third-order valence-electron chi connectivity index (χ3n) is 5.59. The Morgan fingerprint density at radius 3 is 2.12 bits per heavy atom. The summed E-state index contributed by atoms with van der Waals surface area (Å²) in [7, 11) is 0. The predicted octanol–water partition coefficient (Wildman–Crippen LogP) is 7.11. The molecule has 3 aromatic rings. The van der Waals surface area contributed by atoms with Gasteiger partial charge < -0.3 is 20.9 Å². The molecular weight excluding hydrogens is 519 g/mol. The number of hydrogen-bond donors (Lipinski definition) is 3. The van der Waals surface area contributed by atoms with Crippen LogP contribution in [-0.2, 0) is 11.3 Å². The van der Waals surface area contributed by atoms with Gasteiger partial charge in [0.2, 0.25) is 11.8 Å². The van der Waals surface area contributed by atoms with Crippen LogP contribution in [0, 0.1) is 18.3 Å². The first kappa shape index (κ1) is 34.4. The number of nitrogens with two attached hydrogens (primary N) is 1. The van der Waals surface area contributed by atoms with E-state index in [0.29, 0.717) is 34.6 Å². The number of alkyl halides is 1. The number of nitrogens with one attached hydrogen (secondary N) is 2. The Kier molecular flexibility index (Phi) is 13.8. The van der Waals surface area contributed by atoms with Crippen LogP contribution in [0.15, 0.2) is 72.3 Å². The van der Waals surface area contributed by atoms with E-state index in [1.54, 1.807) is 53.1 Å². The Morgan fingerprint density at radius 2 is 1.59 bits per heavy atom. The van der Waals surface area contributed by atoms with Gasteiger partial charge in [0.05, 0.1) is 0 Å². The highest BCUT2D eigenvalue weighted by Gasteiger charge is 2.19. The fraction of sp³-hybridized carbons (Fsp3) is 0.303. The van der Waals surface area contributed by atoms with Crippen molar-refractivity contribution in [3.63, 3.8) is 0 Å². The molecule has 41 heavy (non-hydrogen) atoms. The molecule has 7 nitrogen and oxygen atoms in total. The van der Waals surface area contributed by atoms with Crippen molar-refractivity contribution in [2.24, 2.45) is 11.1 Å². The topological polar surface area (TPSA) is 106 Å². The monoisotopic (exact) mass is 560 g/mol. The molecule has 0 aliphatic carbocycles. The number of benzene rings is 2. The van der Waals surface area contributed by atoms with Crippen molar-refractivity contribution in [3.05, 3.63) is 83.6 Å². The van der Waals surface area contributed by atoms with E-state index in [-0.39, 0.29) is 17.9 Å². The molecule has 8 heteroatoms. The number of rotatable bonds is 9. The minimum atomic E-state index is -0.666. The second-order valence-electron chi connectivity index (χ2n) is 10.1. The number of terminal acetylenes is 1. The number of amides is 3. The smallest absolute Gasteiger partial charge is 0.272 e. The summed E-state index contributed by atoms with van der Waals surface area (Å²) in [5.74, 6) is -1.06. The second-order valence-corrected chi connectivity index (χ2v) is 10.1. The first-order valence-corrected chi connectivity index (χ1v) is 13.3. The lowest BCUT2D eigenvalue weighted by Gasteiger charge is -2.17. The van der Waals surface area contributed by atoms with Crippen LogP contribution in [0.4, 0.5) is 15.8 Å². The number of nitrogens with zero attached hydrogens (tertiary/aromatic N) is 1. The van der Waals surface area contributed by atoms with Gasteiger partial charge in [-0.1, -0.05) is 52.8 Å². The lowest BCUT2D eigenvalue weighted by molar-refractivity contribution is -0.117. The molecule has 1 heterocycles. The standard InChI is InChI=1S/C29H33FN4O3.C2H6.C2H2/c1-5-6-7-19(17-30)18-34-24-13-12-23(32-26(35)16-29(2,3)4)14-21(24)15-25(34)28(37)33-22-10-8-20(9-11-22)27(31)36;2*1-2/h5-15H,16-18H2,1-4H3,(H2,31,36)(H,32,35)(H,33,37);1-2H3;1-2H/b6-5-,19-7+;;. The van der Waals surface area contributed by atoms with Crippen LogP contribution in [0.3, 0.4) is 0 Å². The number of halogens is 1. The van der Waals surface area contributed by atoms with Crippen molar-refractivity contribution in [1.82, 2.24) is 4.57 Å². The first-order valence-electron chi connectivity index (χ1n) is 13.3. The highest BCUT2D eigenvalue weighted by molar-refractivity contribution is 6.07. The van der Waals surface area contributed by atoms with Gasteiger partial charge in [0.1, 0.15) is 12.4 Å². The molecule has 2 aromatic carbocycles. The van der Waals surface area contributed by atoms with Crippen molar-refractivity contribution in [2.45, 2.75) is 54.5 Å². The number of carbonyl (C=O) groups excluding carboxylic acids is 3. The zero-order valence-corrected chi connectivity index (χ0v) is 24.8. The molecule has 0 saturated heterocycles. The van der Waals surface area contributed by atoms with Crippen LogP contribution in [0.2, 0.25) is 0 Å². The lowest BCUT2D eigenvalue weighted by Crippen LogP contribution is -2.19. The van der Waals surface area contributed by atoms with Crippen LogP contribution in [-0.4, -0.2) is 29.0 Å². The van der Waals surface area contributed by atoms with Crippen LogP contribution in [0.1, 0.15) is 68.8 Å². The van der Waals surface area contributed by atoms with Crippen LogP contribution < -0.4 is 16.4 Å². The van der Waals surface area contributed by atoms with E-state index >= 15 is 0 Å². The van der Waals surface area contributed by atoms with Crippen molar-refractivity contribution in [2.75, 3.05) is 17.3 Å². The van der Waals surface area contributed by atoms with Crippen LogP contribution in [0.5, 0.6) is 0 Å². The summed E-state index contributed by atoms with van der Waals surface area (Å²) in [4.78, 5) is 37.1. The first-order chi connectivity index (χ1) is 19.5. The fourth-order valence-corrected chi connectivity index (χ4v) is 3.88. The largest absolute Gasteiger partial charge is 0.366 e. The SMILES string of the molecule is C#C.C/C=C\C=C(/CF)Cn1c(C(=O)Nc2ccc(C(N)=O)cc2)cc2cc(NC(=O)CC(C)(C)C)ccc21.CC. The van der Waals surface area contributed by atoms with Gasteiger partial charge in [-0.3, -0.25) is 14.4 Å². The molecular formula is C33H41FN4O3. The maximum atomic E-state index is 13.8. The van der Waals surface area contributed by atoms with Crippen molar-refractivity contribution < 1.29 is 18.8 Å². The van der Waals surface area contributed by atoms with Gasteiger partial charge in [-0.15, -0.1) is 12.8 Å². The molecule has 0 bridgehead atoms. The van der Waals surface area contributed by atoms with Gasteiger partial charge >= 0.3 is 0 Å². The number of anilines is 2. The number of primary amides is 1. The predicted molar refractivity (Wildman–Crippen MR) is 168 cm³/mol. The van der Waals surface area contributed by atoms with Gasteiger partial charge in [-0.05, 0) is 66.4 Å². The summed E-state index contributed by atoms with van der Waals surface area (Å²) in [6.07, 6.45) is 13.6. The Bertz CT molecular complexity index is 1410. The van der Waals surface area contributed by atoms with Gasteiger partial charge in [0.25, 0.3) is 5.91 Å². The molecule has 0 spiro atoms. The second kappa shape index (κ2) is 16.5. The molecule has 0 saturated carbocycles. The summed E-state index contributed by atoms with van der Waals surface area (Å²) in [5, 5.41) is 6.47. The highest BCUT2D eigenvalue weighted by atomic mass is 19.1. The molecule has 1 aromatic heterocycles. The third kappa shape index (κ3) is 10.5. The molecule has 0 radical (unpaired) electrons. The molecule has 0 aliphatic heterocycles. The van der Waals surface area contributed by atoms with Gasteiger partial charge in [-0.2, -0.15) is 0 Å². The van der Waals surface area contributed by atoms with E-state index in [4.69, 9.17) is 5.73 Å². The number of allylic oxidation sites excluding steroid dienone is 4. The van der Waals surface area contributed by atoms with Gasteiger partial charge in [-0.25, -0.2) is 4.39 Å². The fourth-order valence-electron chi connectivity index (χ4n) is 3.88. The number of fused-ring (bicyclic) bond motifs is 1. The van der Waals surface area contributed by atoms with Crippen LogP contribution >= 0.6 is 0 Å². The van der Waals surface area contributed by atoms with Gasteiger partial charge in [0.15, 0.2) is 0 Å². The summed E-state index contributed by atoms with van der Waals surface area (Å²) in [5.41, 5.74) is 8.11. The minimum absolute atomic E-state index is 0.0994. The quantitative estimate of drug-likeness (QED) is 0.192. The van der Waals surface area contributed by atoms with Crippen molar-refractivity contribution >= 4 is 40.0 Å². The Hall–Kier alpha value is -4.64. The Balaban J connectivity index is 0.00000201. The molecule has 0 unspecified atom stereocenters. The maximum Gasteiger partial charge on any atom is 0.272 e. The van der Waals surface area contributed by atoms with E-state index in [1.807, 2.05) is 47.6 Å². The van der Waals surface area contributed by atoms with E-state index in [2.05, 4.69) is 23.5 Å². The molecule has 218 valence electrons. The molecule has 4 N–H and O–H groups in total. The Labute approximate surface area is 242 Å². The Morgan fingerprint density at radius 1 is 0.976 bits per heavy atom. The number of hydrogen-bond acceptors (Lipinski definition) is 3. The van der Waals surface area contributed by atoms with Crippen molar-refractivity contribution in [1.29, 1.82) is 0 Å². The van der Waals surface area contributed by atoms with E-state index in [9.17, 15) is 18.8 Å². The summed E-state index contributed by atoms with van der Waals surface area (Å²) in [6, 6.07) is 13.3. The lowest BCUT2D eigenvalue weighted by atomic mass is 9.92. The minimum Gasteiger partial charge on any atom is -0.366 e. The molecule has 0 aliphatic rings.